The molecule has 4 nitrogen and oxygen atoms in total. The summed E-state index contributed by atoms with van der Waals surface area (Å²) in [5, 5.41) is 15.1. The van der Waals surface area contributed by atoms with Gasteiger partial charge in [-0.25, -0.2) is 0 Å². The van der Waals surface area contributed by atoms with Gasteiger partial charge < -0.3 is 10.8 Å². The number of nitrogens with two attached hydrogens (primary N) is 1. The van der Waals surface area contributed by atoms with Gasteiger partial charge in [0.15, 0.2) is 0 Å². The van der Waals surface area contributed by atoms with Crippen molar-refractivity contribution in [3.63, 3.8) is 0 Å². The molecule has 1 atom stereocenters. The summed E-state index contributed by atoms with van der Waals surface area (Å²) in [7, 11) is 0. The molecule has 5 heteroatoms. The Morgan fingerprint density at radius 3 is 2.44 bits per heavy atom. The van der Waals surface area contributed by atoms with Gasteiger partial charge in [-0.1, -0.05) is 23.7 Å². The van der Waals surface area contributed by atoms with Crippen molar-refractivity contribution >= 4 is 17.3 Å². The lowest BCUT2D eigenvalue weighted by molar-refractivity contribution is 0.150. The van der Waals surface area contributed by atoms with Gasteiger partial charge >= 0.3 is 0 Å². The van der Waals surface area contributed by atoms with Gasteiger partial charge in [-0.15, -0.1) is 0 Å². The first-order chi connectivity index (χ1) is 8.49. The van der Waals surface area contributed by atoms with Gasteiger partial charge in [-0.2, -0.15) is 5.10 Å². The quantitative estimate of drug-likeness (QED) is 0.838. The van der Waals surface area contributed by atoms with Gasteiger partial charge in [-0.05, 0) is 31.5 Å². The largest absolute Gasteiger partial charge is 0.399 e. The van der Waals surface area contributed by atoms with E-state index in [0.29, 0.717) is 17.3 Å². The second-order valence-electron chi connectivity index (χ2n) is 4.35. The van der Waals surface area contributed by atoms with Crippen LogP contribution in [0, 0.1) is 13.8 Å². The highest BCUT2D eigenvalue weighted by molar-refractivity contribution is 6.31. The van der Waals surface area contributed by atoms with Crippen LogP contribution in [0.4, 0.5) is 5.69 Å². The zero-order chi connectivity index (χ0) is 13.3. The van der Waals surface area contributed by atoms with E-state index in [2.05, 4.69) is 5.10 Å². The summed E-state index contributed by atoms with van der Waals surface area (Å²) >= 11 is 6.07. The molecule has 0 aliphatic heterocycles. The molecule has 1 aromatic carbocycles. The summed E-state index contributed by atoms with van der Waals surface area (Å²) in [6.07, 6.45) is -0.625. The average molecular weight is 266 g/mol. The highest BCUT2D eigenvalue weighted by atomic mass is 35.5. The predicted octanol–water partition coefficient (Wildman–Crippen LogP) is 2.47. The van der Waals surface area contributed by atoms with Crippen molar-refractivity contribution in [3.8, 4) is 0 Å². The lowest BCUT2D eigenvalue weighted by Gasteiger charge is -2.12. The molecule has 2 aromatic rings. The fraction of sp³-hybridized carbons (Fsp3) is 0.308. The van der Waals surface area contributed by atoms with E-state index in [1.807, 2.05) is 26.0 Å². The fourth-order valence-electron chi connectivity index (χ4n) is 1.84. The zero-order valence-electron chi connectivity index (χ0n) is 10.4. The number of benzene rings is 1. The minimum atomic E-state index is -0.625. The normalized spacial score (nSPS) is 12.7. The topological polar surface area (TPSA) is 64.1 Å². The van der Waals surface area contributed by atoms with Gasteiger partial charge in [0.25, 0.3) is 0 Å². The summed E-state index contributed by atoms with van der Waals surface area (Å²) in [5.41, 5.74) is 8.74. The molecule has 1 unspecified atom stereocenters. The monoisotopic (exact) mass is 265 g/mol. The third kappa shape index (κ3) is 2.49. The molecule has 18 heavy (non-hydrogen) atoms. The number of hydrogen-bond donors (Lipinski definition) is 2. The third-order valence-corrected chi connectivity index (χ3v) is 3.51. The molecule has 0 aliphatic rings. The van der Waals surface area contributed by atoms with Crippen LogP contribution >= 0.6 is 11.6 Å². The molecule has 0 fully saturated rings. The van der Waals surface area contributed by atoms with E-state index in [0.717, 1.165) is 17.0 Å². The number of anilines is 1. The lowest BCUT2D eigenvalue weighted by Crippen LogP contribution is -2.11. The number of nitrogens with zero attached hydrogens (tertiary/aromatic N) is 2. The van der Waals surface area contributed by atoms with Crippen LogP contribution in [0.2, 0.25) is 5.02 Å². The molecule has 1 aromatic heterocycles. The van der Waals surface area contributed by atoms with Crippen molar-refractivity contribution in [1.82, 2.24) is 9.78 Å². The maximum atomic E-state index is 10.1. The van der Waals surface area contributed by atoms with Crippen molar-refractivity contribution in [2.24, 2.45) is 0 Å². The van der Waals surface area contributed by atoms with E-state index in [-0.39, 0.29) is 0 Å². The summed E-state index contributed by atoms with van der Waals surface area (Å²) in [6, 6.07) is 7.17. The van der Waals surface area contributed by atoms with Crippen molar-refractivity contribution in [2.75, 3.05) is 5.73 Å². The Morgan fingerprint density at radius 2 is 1.94 bits per heavy atom. The Morgan fingerprint density at radius 1 is 1.33 bits per heavy atom. The predicted molar refractivity (Wildman–Crippen MR) is 72.5 cm³/mol. The van der Waals surface area contributed by atoms with Crippen molar-refractivity contribution in [2.45, 2.75) is 26.5 Å². The van der Waals surface area contributed by atoms with Gasteiger partial charge in [0.2, 0.25) is 0 Å². The van der Waals surface area contributed by atoms with E-state index >= 15 is 0 Å². The van der Waals surface area contributed by atoms with Crippen LogP contribution < -0.4 is 5.73 Å². The summed E-state index contributed by atoms with van der Waals surface area (Å²) < 4.78 is 1.72. The number of halogens is 1. The van der Waals surface area contributed by atoms with E-state index < -0.39 is 6.10 Å². The smallest absolute Gasteiger partial charge is 0.0986 e. The first-order valence-corrected chi connectivity index (χ1v) is 6.10. The van der Waals surface area contributed by atoms with Crippen molar-refractivity contribution in [3.05, 3.63) is 46.2 Å². The molecule has 2 rings (SSSR count). The highest BCUT2D eigenvalue weighted by Gasteiger charge is 2.14. The first-order valence-electron chi connectivity index (χ1n) is 5.72. The number of aryl methyl sites for hydroxylation is 1. The standard InChI is InChI=1S/C13H16ClN3O/c1-8-13(14)9(2)17(16-8)7-12(18)10-3-5-11(15)6-4-10/h3-6,12,18H,7,15H2,1-2H3. The Bertz CT molecular complexity index is 548. The second kappa shape index (κ2) is 5.00. The van der Waals surface area contributed by atoms with Crippen LogP contribution in [0.15, 0.2) is 24.3 Å². The van der Waals surface area contributed by atoms with E-state index in [9.17, 15) is 5.11 Å². The number of aliphatic hydroxyl groups excluding tert-OH is 1. The summed E-state index contributed by atoms with van der Waals surface area (Å²) in [4.78, 5) is 0. The van der Waals surface area contributed by atoms with Crippen LogP contribution in [0.1, 0.15) is 23.1 Å². The Labute approximate surface area is 111 Å². The molecule has 3 N–H and O–H groups in total. The van der Waals surface area contributed by atoms with Crippen LogP contribution in [0.25, 0.3) is 0 Å². The maximum absolute atomic E-state index is 10.1. The van der Waals surface area contributed by atoms with Crippen molar-refractivity contribution in [1.29, 1.82) is 0 Å². The number of rotatable bonds is 3. The van der Waals surface area contributed by atoms with Crippen LogP contribution in [-0.4, -0.2) is 14.9 Å². The Balaban J connectivity index is 2.18. The molecule has 1 heterocycles. The van der Waals surface area contributed by atoms with Gasteiger partial charge in [0, 0.05) is 5.69 Å². The SMILES string of the molecule is Cc1nn(CC(O)c2ccc(N)cc2)c(C)c1Cl. The zero-order valence-corrected chi connectivity index (χ0v) is 11.1. The molecule has 96 valence electrons. The molecular weight excluding hydrogens is 250 g/mol. The summed E-state index contributed by atoms with van der Waals surface area (Å²) in [5.74, 6) is 0. The molecular formula is C13H16ClN3O. The number of nitrogen functional groups attached to an aromatic ring is 1. The minimum Gasteiger partial charge on any atom is -0.399 e. The average Bonchev–Trinajstić information content (AvgIpc) is 2.58. The minimum absolute atomic E-state index is 0.378. The molecule has 0 bridgehead atoms. The molecule has 0 saturated carbocycles. The maximum Gasteiger partial charge on any atom is 0.0986 e. The number of aromatic nitrogens is 2. The van der Waals surface area contributed by atoms with Crippen LogP contribution in [-0.2, 0) is 6.54 Å². The van der Waals surface area contributed by atoms with Gasteiger partial charge in [0.1, 0.15) is 0 Å². The van der Waals surface area contributed by atoms with Crippen LogP contribution in [0.5, 0.6) is 0 Å². The molecule has 0 spiro atoms. The number of hydrogen-bond acceptors (Lipinski definition) is 3. The van der Waals surface area contributed by atoms with Crippen molar-refractivity contribution < 1.29 is 5.11 Å². The molecule has 0 saturated heterocycles. The summed E-state index contributed by atoms with van der Waals surface area (Å²) in [6.45, 7) is 4.11. The second-order valence-corrected chi connectivity index (χ2v) is 4.73. The Hall–Kier alpha value is -1.52. The lowest BCUT2D eigenvalue weighted by atomic mass is 10.1. The third-order valence-electron chi connectivity index (χ3n) is 2.96. The first kappa shape index (κ1) is 12.9. The molecule has 0 aliphatic carbocycles. The van der Waals surface area contributed by atoms with Gasteiger partial charge in [-0.3, -0.25) is 4.68 Å². The van der Waals surface area contributed by atoms with Crippen LogP contribution in [0.3, 0.4) is 0 Å². The van der Waals surface area contributed by atoms with E-state index in [1.165, 1.54) is 0 Å². The Kier molecular flexibility index (Phi) is 3.59. The van der Waals surface area contributed by atoms with E-state index in [4.69, 9.17) is 17.3 Å². The number of aliphatic hydroxyl groups is 1. The molecule has 0 radical (unpaired) electrons. The van der Waals surface area contributed by atoms with E-state index in [1.54, 1.807) is 16.8 Å². The highest BCUT2D eigenvalue weighted by Crippen LogP contribution is 2.22. The van der Waals surface area contributed by atoms with Gasteiger partial charge in [0.05, 0.1) is 29.1 Å². The molecule has 0 amide bonds. The fourth-order valence-corrected chi connectivity index (χ4v) is 1.98.